The van der Waals surface area contributed by atoms with E-state index < -0.39 is 14.9 Å². The van der Waals surface area contributed by atoms with Crippen LogP contribution in [0.4, 0.5) is 10.7 Å². The van der Waals surface area contributed by atoms with Crippen LogP contribution in [0.15, 0.2) is 10.3 Å². The molecule has 1 aromatic heterocycles. The first kappa shape index (κ1) is 15.2. The van der Waals surface area contributed by atoms with Gasteiger partial charge in [0.25, 0.3) is 10.0 Å². The fourth-order valence-electron chi connectivity index (χ4n) is 1.96. The van der Waals surface area contributed by atoms with Crippen molar-refractivity contribution >= 4 is 32.0 Å². The lowest BCUT2D eigenvalue weighted by Crippen LogP contribution is -2.47. The molecule has 8 nitrogen and oxygen atoms in total. The van der Waals surface area contributed by atoms with E-state index in [1.165, 1.54) is 0 Å². The van der Waals surface area contributed by atoms with Crippen molar-refractivity contribution < 1.29 is 18.1 Å². The van der Waals surface area contributed by atoms with Gasteiger partial charge in [-0.25, -0.2) is 13.1 Å². The highest BCUT2D eigenvalue weighted by Crippen LogP contribution is 2.35. The van der Waals surface area contributed by atoms with E-state index in [1.54, 1.807) is 0 Å². The number of nitrogens with zero attached hydrogens (tertiary/aromatic N) is 1. The molecule has 0 radical (unpaired) electrons. The number of nitrogens with one attached hydrogen (secondary N) is 1. The molecule has 0 amide bonds. The Bertz CT molecular complexity index is 606. The highest BCUT2D eigenvalue weighted by Gasteiger charge is 2.34. The van der Waals surface area contributed by atoms with Crippen molar-refractivity contribution in [3.63, 3.8) is 0 Å². The number of anilines is 1. The summed E-state index contributed by atoms with van der Waals surface area (Å²) in [6, 6.07) is 0.792. The van der Waals surface area contributed by atoms with E-state index >= 15 is 0 Å². The zero-order chi connectivity index (χ0) is 14.9. The maximum absolute atomic E-state index is 12.1. The van der Waals surface area contributed by atoms with E-state index in [4.69, 9.17) is 10.5 Å². The zero-order valence-electron chi connectivity index (χ0n) is 10.7. The van der Waals surface area contributed by atoms with Crippen molar-refractivity contribution in [1.29, 1.82) is 0 Å². The molecule has 1 heterocycles. The molecule has 1 aromatic rings. The van der Waals surface area contributed by atoms with Gasteiger partial charge in [0.05, 0.1) is 11.0 Å². The Morgan fingerprint density at radius 3 is 2.75 bits per heavy atom. The molecule has 112 valence electrons. The van der Waals surface area contributed by atoms with Crippen LogP contribution in [0.25, 0.3) is 0 Å². The Balaban J connectivity index is 2.04. The average Bonchev–Trinajstić information content (AvgIpc) is 2.69. The Kier molecular flexibility index (Phi) is 4.28. The lowest BCUT2D eigenvalue weighted by Gasteiger charge is -2.34. The highest BCUT2D eigenvalue weighted by molar-refractivity contribution is 7.91. The molecule has 0 saturated heterocycles. The maximum atomic E-state index is 12.1. The average molecular weight is 321 g/mol. The molecule has 1 fully saturated rings. The predicted molar refractivity (Wildman–Crippen MR) is 74.1 cm³/mol. The molecule has 0 unspecified atom stereocenters. The van der Waals surface area contributed by atoms with Gasteiger partial charge < -0.3 is 10.5 Å². The number of hydrogen-bond acceptors (Lipinski definition) is 7. The van der Waals surface area contributed by atoms with Crippen molar-refractivity contribution in [2.45, 2.75) is 36.1 Å². The number of nitrogens with two attached hydrogens (primary N) is 1. The van der Waals surface area contributed by atoms with Crippen LogP contribution in [-0.2, 0) is 14.8 Å². The summed E-state index contributed by atoms with van der Waals surface area (Å²) in [7, 11) is -3.77. The zero-order valence-corrected chi connectivity index (χ0v) is 12.4. The van der Waals surface area contributed by atoms with Gasteiger partial charge in [0.2, 0.25) is 0 Å². The third-order valence-corrected chi connectivity index (χ3v) is 5.95. The number of nitrogen functional groups attached to an aromatic ring is 1. The predicted octanol–water partition coefficient (Wildman–Crippen LogP) is 1.08. The number of sulfonamides is 1. The Morgan fingerprint density at radius 2 is 2.25 bits per heavy atom. The molecule has 0 spiro atoms. The smallest absolute Gasteiger partial charge is 0.304 e. The van der Waals surface area contributed by atoms with Crippen molar-refractivity contribution in [3.8, 4) is 0 Å². The van der Waals surface area contributed by atoms with E-state index in [9.17, 15) is 18.5 Å². The lowest BCUT2D eigenvalue weighted by atomic mass is 9.90. The molecule has 10 heteroatoms. The molecule has 0 bridgehead atoms. The van der Waals surface area contributed by atoms with Gasteiger partial charge in [-0.2, -0.15) is 0 Å². The van der Waals surface area contributed by atoms with Crippen LogP contribution in [-0.4, -0.2) is 32.1 Å². The largest absolute Gasteiger partial charge is 0.385 e. The van der Waals surface area contributed by atoms with Crippen molar-refractivity contribution in [2.75, 3.05) is 12.3 Å². The first-order valence-electron chi connectivity index (χ1n) is 6.01. The van der Waals surface area contributed by atoms with E-state index in [2.05, 4.69) is 4.72 Å². The molecule has 20 heavy (non-hydrogen) atoms. The van der Waals surface area contributed by atoms with Gasteiger partial charge in [-0.3, -0.25) is 10.1 Å². The fourth-order valence-corrected chi connectivity index (χ4v) is 4.45. The van der Waals surface area contributed by atoms with Crippen LogP contribution in [0.2, 0.25) is 0 Å². The van der Waals surface area contributed by atoms with Gasteiger partial charge in [0.1, 0.15) is 4.21 Å². The van der Waals surface area contributed by atoms with E-state index in [-0.39, 0.29) is 27.0 Å². The summed E-state index contributed by atoms with van der Waals surface area (Å²) in [6.45, 7) is 2.48. The summed E-state index contributed by atoms with van der Waals surface area (Å²) in [4.78, 5) is 9.97. The van der Waals surface area contributed by atoms with Crippen molar-refractivity contribution in [1.82, 2.24) is 4.72 Å². The summed E-state index contributed by atoms with van der Waals surface area (Å²) in [5.74, 6) is 0. The normalized spacial score (nSPS) is 22.4. The third kappa shape index (κ3) is 3.08. The summed E-state index contributed by atoms with van der Waals surface area (Å²) in [5.41, 5.74) is 5.06. The van der Waals surface area contributed by atoms with E-state index in [0.717, 1.165) is 6.07 Å². The Hall–Kier alpha value is -1.23. The number of hydrogen-bond donors (Lipinski definition) is 2. The Morgan fingerprint density at radius 1 is 1.60 bits per heavy atom. The molecule has 1 aliphatic carbocycles. The molecule has 2 rings (SSSR count). The maximum Gasteiger partial charge on any atom is 0.304 e. The number of nitro groups is 1. The van der Waals surface area contributed by atoms with Crippen LogP contribution in [0, 0.1) is 10.1 Å². The minimum absolute atomic E-state index is 0.0791. The SMILES string of the molecule is CCOC1CC(NS(=O)(=O)c2cc([N+](=O)[O-])c(N)s2)C1. The molecule has 0 atom stereocenters. The van der Waals surface area contributed by atoms with Crippen LogP contribution < -0.4 is 10.5 Å². The third-order valence-electron chi connectivity index (χ3n) is 3.00. The second kappa shape index (κ2) is 5.64. The standard InChI is InChI=1S/C10H15N3O5S2/c1-2-18-7-3-6(4-7)12-20(16,17)9-5-8(13(14)15)10(11)19-9/h5-7,12H,2-4,11H2,1H3. The molecule has 1 saturated carbocycles. The monoisotopic (exact) mass is 321 g/mol. The Labute approximate surface area is 120 Å². The molecule has 0 aromatic carbocycles. The van der Waals surface area contributed by atoms with Crippen molar-refractivity contribution in [2.24, 2.45) is 0 Å². The van der Waals surface area contributed by atoms with Crippen LogP contribution >= 0.6 is 11.3 Å². The van der Waals surface area contributed by atoms with Gasteiger partial charge >= 0.3 is 5.69 Å². The summed E-state index contributed by atoms with van der Waals surface area (Å²) in [5, 5.41) is 10.6. The summed E-state index contributed by atoms with van der Waals surface area (Å²) in [6.07, 6.45) is 1.29. The summed E-state index contributed by atoms with van der Waals surface area (Å²) < 4.78 is 31.8. The minimum atomic E-state index is -3.77. The minimum Gasteiger partial charge on any atom is -0.385 e. The molecular formula is C10H15N3O5S2. The molecule has 0 aliphatic heterocycles. The molecular weight excluding hydrogens is 306 g/mol. The number of thiophene rings is 1. The second-order valence-corrected chi connectivity index (χ2v) is 7.46. The van der Waals surface area contributed by atoms with Gasteiger partial charge in [-0.15, -0.1) is 0 Å². The summed E-state index contributed by atoms with van der Waals surface area (Å²) >= 11 is 0.692. The van der Waals surface area contributed by atoms with Crippen LogP contribution in [0.5, 0.6) is 0 Å². The molecule has 1 aliphatic rings. The number of ether oxygens (including phenoxy) is 1. The quantitative estimate of drug-likeness (QED) is 0.597. The van der Waals surface area contributed by atoms with E-state index in [0.29, 0.717) is 30.8 Å². The van der Waals surface area contributed by atoms with Gasteiger partial charge in [0, 0.05) is 18.7 Å². The number of rotatable bonds is 6. The molecule has 3 N–H and O–H groups in total. The topological polar surface area (TPSA) is 125 Å². The first-order chi connectivity index (χ1) is 9.33. The second-order valence-electron chi connectivity index (χ2n) is 4.44. The fraction of sp³-hybridized carbons (Fsp3) is 0.600. The van der Waals surface area contributed by atoms with Crippen LogP contribution in [0.3, 0.4) is 0 Å². The van der Waals surface area contributed by atoms with Gasteiger partial charge in [-0.1, -0.05) is 11.3 Å². The van der Waals surface area contributed by atoms with E-state index in [1.807, 2.05) is 6.92 Å². The van der Waals surface area contributed by atoms with Gasteiger partial charge in [-0.05, 0) is 19.8 Å². The van der Waals surface area contributed by atoms with Crippen molar-refractivity contribution in [3.05, 3.63) is 16.2 Å². The van der Waals surface area contributed by atoms with Crippen LogP contribution in [0.1, 0.15) is 19.8 Å². The highest BCUT2D eigenvalue weighted by atomic mass is 32.2. The lowest BCUT2D eigenvalue weighted by molar-refractivity contribution is -0.383. The first-order valence-corrected chi connectivity index (χ1v) is 8.31. The van der Waals surface area contributed by atoms with Gasteiger partial charge in [0.15, 0.2) is 5.00 Å².